The Labute approximate surface area is 181 Å². The van der Waals surface area contributed by atoms with Gasteiger partial charge in [-0.25, -0.2) is 0 Å². The fourth-order valence-electron chi connectivity index (χ4n) is 4.64. The number of Topliss-reactive ketones (excluding diaryl/α,β-unsaturated/α-hetero) is 2. The van der Waals surface area contributed by atoms with E-state index in [0.717, 1.165) is 37.8 Å². The van der Waals surface area contributed by atoms with Crippen LogP contribution in [0.2, 0.25) is 0 Å². The summed E-state index contributed by atoms with van der Waals surface area (Å²) in [6.07, 6.45) is 0.815. The number of hydrogen-bond acceptors (Lipinski definition) is 5. The van der Waals surface area contributed by atoms with Crippen molar-refractivity contribution in [2.75, 3.05) is 0 Å². The molecule has 5 heteroatoms. The van der Waals surface area contributed by atoms with Gasteiger partial charge < -0.3 is 0 Å². The van der Waals surface area contributed by atoms with Gasteiger partial charge in [-0.05, 0) is 43.4 Å². The van der Waals surface area contributed by atoms with Crippen LogP contribution in [0, 0.1) is 26.7 Å². The molecule has 0 saturated heterocycles. The molecule has 1 saturated carbocycles. The fourth-order valence-corrected chi connectivity index (χ4v) is 5.64. The summed E-state index contributed by atoms with van der Waals surface area (Å²) in [5.74, 6) is -0.557. The van der Waals surface area contributed by atoms with Gasteiger partial charge in [0.1, 0.15) is 27.5 Å². The van der Waals surface area contributed by atoms with Gasteiger partial charge in [-0.15, -0.1) is 10.2 Å². The lowest BCUT2D eigenvalue weighted by Crippen LogP contribution is -2.34. The van der Waals surface area contributed by atoms with E-state index in [0.29, 0.717) is 12.8 Å². The van der Waals surface area contributed by atoms with Crippen molar-refractivity contribution in [3.63, 3.8) is 0 Å². The topological polar surface area (TPSA) is 59.9 Å². The highest BCUT2D eigenvalue weighted by atomic mass is 32.1. The molecule has 0 amide bonds. The molecule has 1 unspecified atom stereocenters. The number of hydrogen-bond donors (Lipinski definition) is 0. The predicted molar refractivity (Wildman–Crippen MR) is 120 cm³/mol. The molecule has 0 bridgehead atoms. The molecule has 4 rings (SSSR count). The number of aryl methyl sites for hydroxylation is 3. The summed E-state index contributed by atoms with van der Waals surface area (Å²) < 4.78 is 0. The minimum Gasteiger partial charge on any atom is -0.299 e. The zero-order chi connectivity index (χ0) is 21.4. The zero-order valence-electron chi connectivity index (χ0n) is 17.8. The van der Waals surface area contributed by atoms with Gasteiger partial charge >= 0.3 is 0 Å². The van der Waals surface area contributed by atoms with Crippen LogP contribution in [0.15, 0.2) is 42.5 Å². The number of carbonyl (C=O) groups is 2. The number of carbonyl (C=O) groups excluding carboxylic acids is 2. The molecule has 1 aromatic heterocycles. The molecular formula is C25H26N2O2S. The van der Waals surface area contributed by atoms with Gasteiger partial charge in [-0.1, -0.05) is 66.3 Å². The number of benzene rings is 2. The van der Waals surface area contributed by atoms with Crippen LogP contribution in [0.4, 0.5) is 0 Å². The van der Waals surface area contributed by atoms with Crippen LogP contribution in [0.3, 0.4) is 0 Å². The second-order valence-corrected chi connectivity index (χ2v) is 9.46. The summed E-state index contributed by atoms with van der Waals surface area (Å²) in [5.41, 5.74) is 5.16. The molecule has 0 aliphatic heterocycles. The maximum absolute atomic E-state index is 13.1. The summed E-state index contributed by atoms with van der Waals surface area (Å²) in [6, 6.07) is 14.1. The van der Waals surface area contributed by atoms with E-state index in [2.05, 4.69) is 29.3 Å². The number of ketones is 2. The average Bonchev–Trinajstić information content (AvgIpc) is 3.19. The Hall–Kier alpha value is -2.66. The molecule has 1 aliphatic rings. The van der Waals surface area contributed by atoms with Gasteiger partial charge in [-0.3, -0.25) is 9.59 Å². The smallest absolute Gasteiger partial charge is 0.148 e. The average molecular weight is 419 g/mol. The van der Waals surface area contributed by atoms with Crippen LogP contribution in [0.1, 0.15) is 58.9 Å². The molecule has 3 aromatic rings. The van der Waals surface area contributed by atoms with Crippen molar-refractivity contribution in [1.29, 1.82) is 0 Å². The molecule has 2 aromatic carbocycles. The van der Waals surface area contributed by atoms with Gasteiger partial charge in [0, 0.05) is 24.3 Å². The van der Waals surface area contributed by atoms with Crippen molar-refractivity contribution in [1.82, 2.24) is 10.2 Å². The third kappa shape index (κ3) is 3.86. The Morgan fingerprint density at radius 3 is 2.13 bits per heavy atom. The van der Waals surface area contributed by atoms with Crippen LogP contribution in [-0.4, -0.2) is 21.8 Å². The highest BCUT2D eigenvalue weighted by Crippen LogP contribution is 2.41. The minimum absolute atomic E-state index is 0.0222. The maximum atomic E-state index is 13.1. The van der Waals surface area contributed by atoms with E-state index in [1.807, 2.05) is 51.1 Å². The highest BCUT2D eigenvalue weighted by molar-refractivity contribution is 7.14. The van der Waals surface area contributed by atoms with Crippen LogP contribution < -0.4 is 0 Å². The van der Waals surface area contributed by atoms with Crippen molar-refractivity contribution in [3.8, 4) is 10.6 Å². The SMILES string of the molecule is Cc1cc(C)c(C2C(=O)CC(C(C)c3nnc(-c4ccccc4)s3)CC2=O)c(C)c1. The molecule has 154 valence electrons. The summed E-state index contributed by atoms with van der Waals surface area (Å²) in [5, 5.41) is 10.5. The predicted octanol–water partition coefficient (Wildman–Crippen LogP) is 5.57. The van der Waals surface area contributed by atoms with Gasteiger partial charge in [0.05, 0.1) is 0 Å². The standard InChI is InChI=1S/C25H26N2O2S/c1-14-10-15(2)22(16(3)11-14)23-20(28)12-19(13-21(23)29)17(4)24-26-27-25(30-24)18-8-6-5-7-9-18/h5-11,17,19,23H,12-13H2,1-4H3. The van der Waals surface area contributed by atoms with Gasteiger partial charge in [0.25, 0.3) is 0 Å². The van der Waals surface area contributed by atoms with Crippen molar-refractivity contribution in [2.24, 2.45) is 5.92 Å². The molecule has 1 fully saturated rings. The first-order chi connectivity index (χ1) is 14.3. The van der Waals surface area contributed by atoms with Crippen molar-refractivity contribution in [2.45, 2.75) is 52.4 Å². The largest absolute Gasteiger partial charge is 0.299 e. The monoisotopic (exact) mass is 418 g/mol. The first-order valence-electron chi connectivity index (χ1n) is 10.4. The van der Waals surface area contributed by atoms with Crippen LogP contribution in [0.25, 0.3) is 10.6 Å². The van der Waals surface area contributed by atoms with Crippen LogP contribution in [-0.2, 0) is 9.59 Å². The van der Waals surface area contributed by atoms with Gasteiger partial charge in [-0.2, -0.15) is 0 Å². The Morgan fingerprint density at radius 2 is 1.53 bits per heavy atom. The van der Waals surface area contributed by atoms with Gasteiger partial charge in [0.2, 0.25) is 0 Å². The molecule has 0 radical (unpaired) electrons. The molecule has 1 atom stereocenters. The van der Waals surface area contributed by atoms with E-state index in [1.165, 1.54) is 0 Å². The zero-order valence-corrected chi connectivity index (χ0v) is 18.6. The van der Waals surface area contributed by atoms with E-state index in [9.17, 15) is 9.59 Å². The van der Waals surface area contributed by atoms with Gasteiger partial charge in [0.15, 0.2) is 0 Å². The fraction of sp³-hybridized carbons (Fsp3) is 0.360. The maximum Gasteiger partial charge on any atom is 0.148 e. The number of aromatic nitrogens is 2. The lowest BCUT2D eigenvalue weighted by molar-refractivity contribution is -0.134. The minimum atomic E-state index is -0.622. The van der Waals surface area contributed by atoms with E-state index in [4.69, 9.17) is 0 Å². The Balaban J connectivity index is 1.55. The third-order valence-electron chi connectivity index (χ3n) is 6.16. The lowest BCUT2D eigenvalue weighted by atomic mass is 9.71. The van der Waals surface area contributed by atoms with Crippen LogP contribution in [0.5, 0.6) is 0 Å². The van der Waals surface area contributed by atoms with Crippen molar-refractivity contribution in [3.05, 3.63) is 69.7 Å². The highest BCUT2D eigenvalue weighted by Gasteiger charge is 2.40. The third-order valence-corrected chi connectivity index (χ3v) is 7.33. The van der Waals surface area contributed by atoms with Crippen molar-refractivity contribution < 1.29 is 9.59 Å². The molecule has 1 heterocycles. The van der Waals surface area contributed by atoms with E-state index in [-0.39, 0.29) is 23.4 Å². The van der Waals surface area contributed by atoms with E-state index in [1.54, 1.807) is 11.3 Å². The summed E-state index contributed by atoms with van der Waals surface area (Å²) in [4.78, 5) is 26.2. The Bertz CT molecular complexity index is 1060. The Morgan fingerprint density at radius 1 is 0.933 bits per heavy atom. The van der Waals surface area contributed by atoms with Crippen molar-refractivity contribution >= 4 is 22.9 Å². The summed E-state index contributed by atoms with van der Waals surface area (Å²) >= 11 is 1.55. The molecule has 30 heavy (non-hydrogen) atoms. The summed E-state index contributed by atoms with van der Waals surface area (Å²) in [6.45, 7) is 8.09. The molecule has 0 N–H and O–H groups in total. The Kier molecular flexibility index (Phi) is 5.65. The molecule has 0 spiro atoms. The molecule has 4 nitrogen and oxygen atoms in total. The lowest BCUT2D eigenvalue weighted by Gasteiger charge is -2.31. The molecular weight excluding hydrogens is 392 g/mol. The number of rotatable bonds is 4. The van der Waals surface area contributed by atoms with Crippen LogP contribution >= 0.6 is 11.3 Å². The second kappa shape index (κ2) is 8.23. The summed E-state index contributed by atoms with van der Waals surface area (Å²) in [7, 11) is 0. The second-order valence-electron chi connectivity index (χ2n) is 8.45. The van der Waals surface area contributed by atoms with E-state index >= 15 is 0 Å². The number of nitrogens with zero attached hydrogens (tertiary/aromatic N) is 2. The first kappa shape index (κ1) is 20.6. The quantitative estimate of drug-likeness (QED) is 0.520. The van der Waals surface area contributed by atoms with E-state index < -0.39 is 5.92 Å². The first-order valence-corrected chi connectivity index (χ1v) is 11.2. The molecule has 1 aliphatic carbocycles. The normalized spacial score (nSPS) is 20.4.